The molecule has 4 rings (SSSR count). The highest BCUT2D eigenvalue weighted by molar-refractivity contribution is 6.03. The molecule has 1 N–H and O–H groups in total. The van der Waals surface area contributed by atoms with Crippen molar-refractivity contribution >= 4 is 17.4 Å². The molecular formula is C21H19F3N6O2. The first-order valence-corrected chi connectivity index (χ1v) is 9.78. The van der Waals surface area contributed by atoms with Gasteiger partial charge in [-0.1, -0.05) is 6.07 Å². The Hall–Kier alpha value is -3.60. The summed E-state index contributed by atoms with van der Waals surface area (Å²) in [5.41, 5.74) is 1.25. The average Bonchev–Trinajstić information content (AvgIpc) is 2.80. The Morgan fingerprint density at radius 3 is 2.66 bits per heavy atom. The number of carbonyl (C=O) groups excluding carboxylic acids is 1. The molecule has 0 unspecified atom stereocenters. The van der Waals surface area contributed by atoms with E-state index in [1.54, 1.807) is 18.2 Å². The molecule has 0 aliphatic carbocycles. The van der Waals surface area contributed by atoms with Gasteiger partial charge in [-0.2, -0.15) is 18.3 Å². The van der Waals surface area contributed by atoms with E-state index in [1.807, 2.05) is 13.0 Å². The first kappa shape index (κ1) is 21.6. The average molecular weight is 444 g/mol. The van der Waals surface area contributed by atoms with Crippen LogP contribution in [0.3, 0.4) is 0 Å². The van der Waals surface area contributed by atoms with Gasteiger partial charge in [0.15, 0.2) is 5.69 Å². The number of anilines is 2. The Labute approximate surface area is 181 Å². The van der Waals surface area contributed by atoms with Gasteiger partial charge in [-0.3, -0.25) is 4.79 Å². The molecule has 0 atom stereocenters. The van der Waals surface area contributed by atoms with Crippen molar-refractivity contribution in [2.24, 2.45) is 0 Å². The van der Waals surface area contributed by atoms with Gasteiger partial charge in [-0.25, -0.2) is 9.97 Å². The minimum atomic E-state index is -4.62. The van der Waals surface area contributed by atoms with Gasteiger partial charge in [0.05, 0.1) is 30.7 Å². The smallest absolute Gasteiger partial charge is 0.378 e. The van der Waals surface area contributed by atoms with Crippen molar-refractivity contribution in [1.29, 1.82) is 0 Å². The summed E-state index contributed by atoms with van der Waals surface area (Å²) in [6.45, 7) is 4.60. The number of amides is 1. The largest absolute Gasteiger partial charge is 0.418 e. The van der Waals surface area contributed by atoms with Crippen LogP contribution in [0.4, 0.5) is 24.7 Å². The van der Waals surface area contributed by atoms with Crippen molar-refractivity contribution in [1.82, 2.24) is 20.2 Å². The lowest BCUT2D eigenvalue weighted by molar-refractivity contribution is -0.137. The van der Waals surface area contributed by atoms with Gasteiger partial charge in [-0.05, 0) is 30.7 Å². The first-order chi connectivity index (χ1) is 15.3. The van der Waals surface area contributed by atoms with E-state index < -0.39 is 23.3 Å². The molecule has 0 bridgehead atoms. The van der Waals surface area contributed by atoms with Crippen molar-refractivity contribution in [2.75, 3.05) is 36.5 Å². The molecule has 166 valence electrons. The third-order valence-electron chi connectivity index (χ3n) is 4.97. The Kier molecular flexibility index (Phi) is 5.99. The lowest BCUT2D eigenvalue weighted by atomic mass is 10.0. The second kappa shape index (κ2) is 8.87. The summed E-state index contributed by atoms with van der Waals surface area (Å²) in [4.78, 5) is 23.3. The highest BCUT2D eigenvalue weighted by atomic mass is 19.4. The highest BCUT2D eigenvalue weighted by Gasteiger charge is 2.32. The predicted molar refractivity (Wildman–Crippen MR) is 110 cm³/mol. The van der Waals surface area contributed by atoms with Crippen LogP contribution in [0.5, 0.6) is 0 Å². The molecule has 1 saturated heterocycles. The molecule has 8 nitrogen and oxygen atoms in total. The number of morpholine rings is 1. The topological polar surface area (TPSA) is 93.1 Å². The molecule has 11 heteroatoms. The second-order valence-corrected chi connectivity index (χ2v) is 7.17. The lowest BCUT2D eigenvalue weighted by Crippen LogP contribution is -2.36. The number of halogens is 3. The number of aryl methyl sites for hydroxylation is 1. The fourth-order valence-corrected chi connectivity index (χ4v) is 3.26. The lowest BCUT2D eigenvalue weighted by Gasteiger charge is -2.27. The summed E-state index contributed by atoms with van der Waals surface area (Å²) in [5.74, 6) is -0.0264. The maximum absolute atomic E-state index is 12.9. The summed E-state index contributed by atoms with van der Waals surface area (Å²) in [6.07, 6.45) is -2.57. The third kappa shape index (κ3) is 4.83. The van der Waals surface area contributed by atoms with Crippen LogP contribution in [0.1, 0.15) is 21.6 Å². The Morgan fingerprint density at radius 1 is 1.12 bits per heavy atom. The van der Waals surface area contributed by atoms with Crippen LogP contribution in [0, 0.1) is 6.92 Å². The minimum absolute atomic E-state index is 0.390. The van der Waals surface area contributed by atoms with Crippen molar-refractivity contribution < 1.29 is 22.7 Å². The van der Waals surface area contributed by atoms with Gasteiger partial charge in [0.2, 0.25) is 0 Å². The molecule has 0 spiro atoms. The highest BCUT2D eigenvalue weighted by Crippen LogP contribution is 2.29. The van der Waals surface area contributed by atoms with Crippen molar-refractivity contribution in [3.8, 4) is 11.3 Å². The standard InChI is InChI=1S/C21H19F3N6O2/c1-13-2-3-15(28-20(31)18-8-14(11-27-29-18)21(22,23)24)9-16(13)17-10-19(26-12-25-17)30-4-6-32-7-5-30/h2-3,8-12H,4-7H2,1H3,(H,28,31). The minimum Gasteiger partial charge on any atom is -0.378 e. The number of benzene rings is 1. The number of ether oxygens (including phenoxy) is 1. The van der Waals surface area contributed by atoms with Crippen LogP contribution in [-0.4, -0.2) is 52.4 Å². The summed E-state index contributed by atoms with van der Waals surface area (Å²) < 4.78 is 44.0. The SMILES string of the molecule is Cc1ccc(NC(=O)c2cc(C(F)(F)F)cnn2)cc1-c1cc(N2CCOCC2)ncn1. The van der Waals surface area contributed by atoms with Crippen LogP contribution in [-0.2, 0) is 10.9 Å². The number of nitrogens with one attached hydrogen (secondary N) is 1. The normalized spacial score (nSPS) is 14.3. The van der Waals surface area contributed by atoms with E-state index in [4.69, 9.17) is 4.74 Å². The molecule has 2 aromatic heterocycles. The summed E-state index contributed by atoms with van der Waals surface area (Å²) in [5, 5.41) is 9.37. The van der Waals surface area contributed by atoms with Crippen LogP contribution < -0.4 is 10.2 Å². The van der Waals surface area contributed by atoms with Crippen molar-refractivity contribution in [2.45, 2.75) is 13.1 Å². The molecule has 1 aromatic carbocycles. The number of carbonyl (C=O) groups is 1. The zero-order valence-electron chi connectivity index (χ0n) is 17.1. The van der Waals surface area contributed by atoms with Crippen molar-refractivity contribution in [3.63, 3.8) is 0 Å². The van der Waals surface area contributed by atoms with Crippen LogP contribution in [0.2, 0.25) is 0 Å². The molecule has 1 aliphatic heterocycles. The van der Waals surface area contributed by atoms with Gasteiger partial charge >= 0.3 is 6.18 Å². The molecule has 32 heavy (non-hydrogen) atoms. The van der Waals surface area contributed by atoms with Gasteiger partial charge in [0.1, 0.15) is 12.1 Å². The van der Waals surface area contributed by atoms with E-state index in [0.29, 0.717) is 36.9 Å². The molecule has 0 saturated carbocycles. The number of nitrogens with zero attached hydrogens (tertiary/aromatic N) is 5. The molecule has 1 fully saturated rings. The second-order valence-electron chi connectivity index (χ2n) is 7.17. The zero-order chi connectivity index (χ0) is 22.7. The number of hydrogen-bond donors (Lipinski definition) is 1. The molecule has 3 aromatic rings. The van der Waals surface area contributed by atoms with Gasteiger partial charge in [0, 0.05) is 30.4 Å². The van der Waals surface area contributed by atoms with Crippen LogP contribution >= 0.6 is 0 Å². The Balaban J connectivity index is 1.58. The van der Waals surface area contributed by atoms with E-state index in [1.165, 1.54) is 6.33 Å². The number of rotatable bonds is 4. The Morgan fingerprint density at radius 2 is 1.91 bits per heavy atom. The Bertz CT molecular complexity index is 1130. The molecular weight excluding hydrogens is 425 g/mol. The summed E-state index contributed by atoms with van der Waals surface area (Å²) >= 11 is 0. The van der Waals surface area contributed by atoms with E-state index in [9.17, 15) is 18.0 Å². The van der Waals surface area contributed by atoms with Crippen LogP contribution in [0.15, 0.2) is 42.9 Å². The fourth-order valence-electron chi connectivity index (χ4n) is 3.26. The first-order valence-electron chi connectivity index (χ1n) is 9.78. The summed E-state index contributed by atoms with van der Waals surface area (Å²) in [7, 11) is 0. The van der Waals surface area contributed by atoms with E-state index in [0.717, 1.165) is 30.0 Å². The van der Waals surface area contributed by atoms with Crippen LogP contribution in [0.25, 0.3) is 11.3 Å². The summed E-state index contributed by atoms with van der Waals surface area (Å²) in [6, 6.07) is 7.68. The third-order valence-corrected chi connectivity index (χ3v) is 4.97. The molecule has 1 aliphatic rings. The maximum atomic E-state index is 12.9. The zero-order valence-corrected chi connectivity index (χ0v) is 17.1. The molecule has 1 amide bonds. The molecule has 0 radical (unpaired) electrons. The predicted octanol–water partition coefficient (Wildman–Crippen LogP) is 3.35. The van der Waals surface area contributed by atoms with E-state index in [2.05, 4.69) is 30.4 Å². The number of hydrogen-bond acceptors (Lipinski definition) is 7. The van der Waals surface area contributed by atoms with Gasteiger partial charge < -0.3 is 15.0 Å². The van der Waals surface area contributed by atoms with E-state index >= 15 is 0 Å². The van der Waals surface area contributed by atoms with Gasteiger partial charge in [0.25, 0.3) is 5.91 Å². The van der Waals surface area contributed by atoms with Gasteiger partial charge in [-0.15, -0.1) is 5.10 Å². The van der Waals surface area contributed by atoms with E-state index in [-0.39, 0.29) is 0 Å². The fraction of sp³-hybridized carbons (Fsp3) is 0.286. The maximum Gasteiger partial charge on any atom is 0.418 e. The number of alkyl halides is 3. The number of aromatic nitrogens is 4. The monoisotopic (exact) mass is 444 g/mol. The van der Waals surface area contributed by atoms with Crippen molar-refractivity contribution in [3.05, 3.63) is 59.7 Å². The molecule has 3 heterocycles. The quantitative estimate of drug-likeness (QED) is 0.660.